The molecule has 0 spiro atoms. The van der Waals surface area contributed by atoms with E-state index in [1.54, 1.807) is 7.05 Å². The summed E-state index contributed by atoms with van der Waals surface area (Å²) < 4.78 is 2.46. The largest absolute Gasteiger partial charge is 0.391 e. The number of nitrogens with zero attached hydrogens (tertiary/aromatic N) is 5. The fraction of sp³-hybridized carbons (Fsp3) is 0.300. The Morgan fingerprint density at radius 2 is 1.89 bits per heavy atom. The van der Waals surface area contributed by atoms with Crippen LogP contribution in [0, 0.1) is 20.8 Å². The number of aromatic nitrogens is 4. The highest BCUT2D eigenvalue weighted by Crippen LogP contribution is 2.18. The van der Waals surface area contributed by atoms with Gasteiger partial charge >= 0.3 is 5.69 Å². The summed E-state index contributed by atoms with van der Waals surface area (Å²) in [6, 6.07) is 11.9. The molecule has 3 aromatic rings. The molecule has 0 aliphatic carbocycles. The van der Waals surface area contributed by atoms with Crippen molar-refractivity contribution < 1.29 is 4.84 Å². The molecule has 0 radical (unpaired) electrons. The van der Waals surface area contributed by atoms with Crippen LogP contribution in [0.3, 0.4) is 0 Å². The Kier molecular flexibility index (Phi) is 5.21. The van der Waals surface area contributed by atoms with Gasteiger partial charge in [-0.2, -0.15) is 9.36 Å². The molecular formula is C20H23N5O2. The third-order valence-electron chi connectivity index (χ3n) is 4.53. The number of tetrazole rings is 1. The number of hydrogen-bond donors (Lipinski definition) is 0. The number of hydrogen-bond acceptors (Lipinski definition) is 5. The van der Waals surface area contributed by atoms with E-state index in [1.165, 1.54) is 14.9 Å². The van der Waals surface area contributed by atoms with Crippen molar-refractivity contribution in [1.29, 1.82) is 0 Å². The Balaban J connectivity index is 1.87. The van der Waals surface area contributed by atoms with Crippen molar-refractivity contribution in [2.75, 3.05) is 0 Å². The van der Waals surface area contributed by atoms with Crippen molar-refractivity contribution in [3.63, 3.8) is 0 Å². The second kappa shape index (κ2) is 7.57. The minimum Gasteiger partial charge on any atom is -0.391 e. The first-order chi connectivity index (χ1) is 12.9. The van der Waals surface area contributed by atoms with Crippen LogP contribution in [0.2, 0.25) is 0 Å². The van der Waals surface area contributed by atoms with E-state index in [9.17, 15) is 4.79 Å². The Bertz CT molecular complexity index is 1060. The SMILES string of the molecule is CC(=NOCc1c(C)cccc1-n1nnn(C)c1=O)c1cc(C)ccc1C. The van der Waals surface area contributed by atoms with E-state index < -0.39 is 0 Å². The summed E-state index contributed by atoms with van der Waals surface area (Å²) in [5.41, 5.74) is 6.36. The number of benzene rings is 2. The Hall–Kier alpha value is -3.22. The number of oxime groups is 1. The van der Waals surface area contributed by atoms with Gasteiger partial charge in [-0.05, 0) is 61.4 Å². The fourth-order valence-corrected chi connectivity index (χ4v) is 2.91. The van der Waals surface area contributed by atoms with Crippen LogP contribution in [-0.2, 0) is 18.5 Å². The number of rotatable bonds is 5. The monoisotopic (exact) mass is 365 g/mol. The van der Waals surface area contributed by atoms with Crippen LogP contribution >= 0.6 is 0 Å². The summed E-state index contributed by atoms with van der Waals surface area (Å²) >= 11 is 0. The fourth-order valence-electron chi connectivity index (χ4n) is 2.91. The summed E-state index contributed by atoms with van der Waals surface area (Å²) in [5, 5.41) is 12.0. The Morgan fingerprint density at radius 3 is 2.59 bits per heavy atom. The second-order valence-corrected chi connectivity index (χ2v) is 6.64. The van der Waals surface area contributed by atoms with Crippen LogP contribution in [0.1, 0.15) is 34.7 Å². The van der Waals surface area contributed by atoms with Crippen molar-refractivity contribution in [2.24, 2.45) is 12.2 Å². The maximum atomic E-state index is 12.2. The molecule has 3 rings (SSSR count). The summed E-state index contributed by atoms with van der Waals surface area (Å²) in [4.78, 5) is 17.8. The first-order valence-electron chi connectivity index (χ1n) is 8.70. The molecule has 2 aromatic carbocycles. The first kappa shape index (κ1) is 18.6. The molecule has 0 atom stereocenters. The molecule has 0 fully saturated rings. The molecular weight excluding hydrogens is 342 g/mol. The lowest BCUT2D eigenvalue weighted by Gasteiger charge is -2.11. The third kappa shape index (κ3) is 3.81. The van der Waals surface area contributed by atoms with Gasteiger partial charge in [0.2, 0.25) is 0 Å². The molecule has 0 aliphatic rings. The van der Waals surface area contributed by atoms with Crippen LogP contribution in [0.25, 0.3) is 5.69 Å². The van der Waals surface area contributed by atoms with Crippen molar-refractivity contribution in [3.8, 4) is 5.69 Å². The maximum absolute atomic E-state index is 12.2. The number of aryl methyl sites for hydroxylation is 4. The maximum Gasteiger partial charge on any atom is 0.368 e. The van der Waals surface area contributed by atoms with Gasteiger partial charge in [0.25, 0.3) is 0 Å². The van der Waals surface area contributed by atoms with Gasteiger partial charge in [-0.25, -0.2) is 4.79 Å². The van der Waals surface area contributed by atoms with Crippen molar-refractivity contribution in [3.05, 3.63) is 74.7 Å². The Labute approximate surface area is 157 Å². The zero-order chi connectivity index (χ0) is 19.6. The van der Waals surface area contributed by atoms with E-state index in [1.807, 2.05) is 39.0 Å². The average Bonchev–Trinajstić information content (AvgIpc) is 2.97. The predicted octanol–water partition coefficient (Wildman–Crippen LogP) is 2.83. The molecule has 140 valence electrons. The highest BCUT2D eigenvalue weighted by atomic mass is 16.6. The van der Waals surface area contributed by atoms with Gasteiger partial charge in [-0.15, -0.1) is 0 Å². The smallest absolute Gasteiger partial charge is 0.368 e. The lowest BCUT2D eigenvalue weighted by Crippen LogP contribution is -2.23. The molecule has 7 heteroatoms. The van der Waals surface area contributed by atoms with E-state index in [4.69, 9.17) is 4.84 Å². The van der Waals surface area contributed by atoms with Gasteiger partial charge in [0.15, 0.2) is 0 Å². The average molecular weight is 365 g/mol. The van der Waals surface area contributed by atoms with Crippen LogP contribution in [0.15, 0.2) is 46.3 Å². The molecule has 0 saturated heterocycles. The van der Waals surface area contributed by atoms with Gasteiger partial charge in [-0.1, -0.05) is 35.0 Å². The standard InChI is InChI=1S/C20H23N5O2/c1-13-9-10-15(3)17(11-13)16(4)21-27-12-18-14(2)7-6-8-19(18)25-20(26)24(5)22-23-25/h6-11H,12H2,1-5H3. The zero-order valence-corrected chi connectivity index (χ0v) is 16.2. The van der Waals surface area contributed by atoms with Gasteiger partial charge in [0.05, 0.1) is 11.4 Å². The molecule has 0 N–H and O–H groups in total. The first-order valence-corrected chi connectivity index (χ1v) is 8.70. The summed E-state index contributed by atoms with van der Waals surface area (Å²) in [5.74, 6) is 0. The molecule has 1 heterocycles. The quantitative estimate of drug-likeness (QED) is 0.515. The highest BCUT2D eigenvalue weighted by molar-refractivity contribution is 5.99. The van der Waals surface area contributed by atoms with Gasteiger partial charge < -0.3 is 4.84 Å². The van der Waals surface area contributed by atoms with Crippen molar-refractivity contribution in [2.45, 2.75) is 34.3 Å². The highest BCUT2D eigenvalue weighted by Gasteiger charge is 2.13. The zero-order valence-electron chi connectivity index (χ0n) is 16.2. The van der Waals surface area contributed by atoms with Crippen LogP contribution < -0.4 is 5.69 Å². The molecule has 0 unspecified atom stereocenters. The topological polar surface area (TPSA) is 74.3 Å². The van der Waals surface area contributed by atoms with E-state index in [2.05, 4.69) is 40.7 Å². The molecule has 0 amide bonds. The Morgan fingerprint density at radius 1 is 1.11 bits per heavy atom. The van der Waals surface area contributed by atoms with E-state index in [-0.39, 0.29) is 12.3 Å². The van der Waals surface area contributed by atoms with Crippen LogP contribution in [-0.4, -0.2) is 25.5 Å². The minimum atomic E-state index is -0.308. The molecule has 1 aromatic heterocycles. The molecule has 7 nitrogen and oxygen atoms in total. The molecule has 0 aliphatic heterocycles. The summed E-state index contributed by atoms with van der Waals surface area (Å²) in [7, 11) is 1.57. The third-order valence-corrected chi connectivity index (χ3v) is 4.53. The van der Waals surface area contributed by atoms with Gasteiger partial charge in [0.1, 0.15) is 6.61 Å². The van der Waals surface area contributed by atoms with E-state index >= 15 is 0 Å². The molecule has 0 saturated carbocycles. The van der Waals surface area contributed by atoms with Crippen LogP contribution in [0.5, 0.6) is 0 Å². The summed E-state index contributed by atoms with van der Waals surface area (Å²) in [6.07, 6.45) is 0. The minimum absolute atomic E-state index is 0.229. The lowest BCUT2D eigenvalue weighted by molar-refractivity contribution is 0.130. The summed E-state index contributed by atoms with van der Waals surface area (Å²) in [6.45, 7) is 8.22. The van der Waals surface area contributed by atoms with Crippen molar-refractivity contribution in [1.82, 2.24) is 19.8 Å². The van der Waals surface area contributed by atoms with Gasteiger partial charge in [-0.3, -0.25) is 0 Å². The molecule has 0 bridgehead atoms. The van der Waals surface area contributed by atoms with Crippen LogP contribution in [0.4, 0.5) is 0 Å². The second-order valence-electron chi connectivity index (χ2n) is 6.64. The lowest BCUT2D eigenvalue weighted by atomic mass is 10.0. The van der Waals surface area contributed by atoms with E-state index in [0.717, 1.165) is 28.0 Å². The van der Waals surface area contributed by atoms with Crippen molar-refractivity contribution >= 4 is 5.71 Å². The van der Waals surface area contributed by atoms with E-state index in [0.29, 0.717) is 5.69 Å². The van der Waals surface area contributed by atoms with Gasteiger partial charge in [0, 0.05) is 18.2 Å². The predicted molar refractivity (Wildman–Crippen MR) is 104 cm³/mol. The normalized spacial score (nSPS) is 11.7. The molecule has 27 heavy (non-hydrogen) atoms.